The first kappa shape index (κ1) is 23.3. The third-order valence-corrected chi connectivity index (χ3v) is 6.99. The van der Waals surface area contributed by atoms with E-state index in [-0.39, 0.29) is 22.4 Å². The summed E-state index contributed by atoms with van der Waals surface area (Å²) in [7, 11) is -2.36. The molecule has 0 radical (unpaired) electrons. The van der Waals surface area contributed by atoms with Crippen LogP contribution in [0.1, 0.15) is 41.4 Å². The van der Waals surface area contributed by atoms with Crippen LogP contribution in [0.25, 0.3) is 0 Å². The Balaban J connectivity index is 1.83. The Morgan fingerprint density at radius 1 is 1.00 bits per heavy atom. The van der Waals surface area contributed by atoms with Gasteiger partial charge in [-0.3, -0.25) is 9.10 Å². The van der Waals surface area contributed by atoms with E-state index < -0.39 is 10.0 Å². The van der Waals surface area contributed by atoms with Crippen LogP contribution in [0.2, 0.25) is 0 Å². The summed E-state index contributed by atoms with van der Waals surface area (Å²) in [5.74, 6) is 0.413. The summed E-state index contributed by atoms with van der Waals surface area (Å²) in [6.45, 7) is 6.28. The normalized spacial score (nSPS) is 12.1. The zero-order valence-electron chi connectivity index (χ0n) is 18.7. The molecule has 0 unspecified atom stereocenters. The van der Waals surface area contributed by atoms with Crippen LogP contribution >= 0.6 is 0 Å². The highest BCUT2D eigenvalue weighted by Crippen LogP contribution is 2.27. The quantitative estimate of drug-likeness (QED) is 0.537. The highest BCUT2D eigenvalue weighted by atomic mass is 32.2. The summed E-state index contributed by atoms with van der Waals surface area (Å²) in [5, 5.41) is 2.96. The van der Waals surface area contributed by atoms with Gasteiger partial charge in [-0.25, -0.2) is 8.42 Å². The number of nitrogens with zero attached hydrogens (tertiary/aromatic N) is 1. The highest BCUT2D eigenvalue weighted by Gasteiger charge is 2.25. The second-order valence-corrected chi connectivity index (χ2v) is 9.47. The van der Waals surface area contributed by atoms with Crippen molar-refractivity contribution >= 4 is 21.6 Å². The molecule has 0 bridgehead atoms. The van der Waals surface area contributed by atoms with Gasteiger partial charge < -0.3 is 10.1 Å². The van der Waals surface area contributed by atoms with Crippen molar-refractivity contribution in [3.05, 3.63) is 89.5 Å². The Hall–Kier alpha value is -3.32. The molecule has 1 amide bonds. The largest absolute Gasteiger partial charge is 0.494 e. The van der Waals surface area contributed by atoms with Gasteiger partial charge in [-0.2, -0.15) is 0 Å². The number of aryl methyl sites for hydroxylation is 1. The molecule has 0 aliphatic heterocycles. The fourth-order valence-corrected chi connectivity index (χ4v) is 4.53. The lowest BCUT2D eigenvalue weighted by molar-refractivity contribution is 0.0940. The number of hydrogen-bond acceptors (Lipinski definition) is 4. The van der Waals surface area contributed by atoms with Crippen LogP contribution in [0.15, 0.2) is 77.7 Å². The van der Waals surface area contributed by atoms with Crippen molar-refractivity contribution in [1.82, 2.24) is 5.32 Å². The number of sulfonamides is 1. The Labute approximate surface area is 189 Å². The molecule has 7 heteroatoms. The fourth-order valence-electron chi connectivity index (χ4n) is 3.32. The van der Waals surface area contributed by atoms with Crippen molar-refractivity contribution in [2.24, 2.45) is 0 Å². The zero-order valence-corrected chi connectivity index (χ0v) is 19.5. The Morgan fingerprint density at radius 3 is 2.25 bits per heavy atom. The number of para-hydroxylation sites is 1. The molecule has 0 aliphatic carbocycles. The highest BCUT2D eigenvalue weighted by molar-refractivity contribution is 7.92. The number of benzene rings is 3. The third-order valence-electron chi connectivity index (χ3n) is 5.21. The molecule has 0 saturated carbocycles. The molecule has 3 rings (SSSR count). The number of anilines is 1. The maximum absolute atomic E-state index is 13.1. The van der Waals surface area contributed by atoms with Gasteiger partial charge >= 0.3 is 0 Å². The van der Waals surface area contributed by atoms with E-state index >= 15 is 0 Å². The SMILES string of the molecule is CCOc1ccc([C@H](C)NC(=O)c2ccccc2N(C)S(=O)(=O)c2ccc(C)cc2)cc1. The average molecular weight is 453 g/mol. The fraction of sp³-hybridized carbons (Fsp3) is 0.240. The first-order valence-corrected chi connectivity index (χ1v) is 11.9. The maximum atomic E-state index is 13.1. The number of rotatable bonds is 8. The molecule has 1 N–H and O–H groups in total. The lowest BCUT2D eigenvalue weighted by atomic mass is 10.1. The van der Waals surface area contributed by atoms with E-state index in [1.54, 1.807) is 48.5 Å². The smallest absolute Gasteiger partial charge is 0.264 e. The van der Waals surface area contributed by atoms with Crippen molar-refractivity contribution in [2.75, 3.05) is 18.0 Å². The van der Waals surface area contributed by atoms with E-state index in [9.17, 15) is 13.2 Å². The van der Waals surface area contributed by atoms with Crippen molar-refractivity contribution in [1.29, 1.82) is 0 Å². The molecule has 32 heavy (non-hydrogen) atoms. The predicted octanol–water partition coefficient (Wildman–Crippen LogP) is 4.71. The van der Waals surface area contributed by atoms with Crippen molar-refractivity contribution in [2.45, 2.75) is 31.7 Å². The number of nitrogens with one attached hydrogen (secondary N) is 1. The Kier molecular flexibility index (Phi) is 7.20. The van der Waals surface area contributed by atoms with Crippen LogP contribution in [0, 0.1) is 6.92 Å². The molecular formula is C25H28N2O4S. The molecule has 0 spiro atoms. The summed E-state index contributed by atoms with van der Waals surface area (Å²) in [5.41, 5.74) is 2.47. The van der Waals surface area contributed by atoms with Crippen LogP contribution in [-0.2, 0) is 10.0 Å². The predicted molar refractivity (Wildman–Crippen MR) is 127 cm³/mol. The second kappa shape index (κ2) is 9.87. The van der Waals surface area contributed by atoms with Crippen molar-refractivity contribution in [3.8, 4) is 5.75 Å². The van der Waals surface area contributed by atoms with Gasteiger partial charge in [-0.1, -0.05) is 42.0 Å². The van der Waals surface area contributed by atoms with Crippen molar-refractivity contribution in [3.63, 3.8) is 0 Å². The Morgan fingerprint density at radius 2 is 1.62 bits per heavy atom. The molecule has 0 fully saturated rings. The van der Waals surface area contributed by atoms with Crippen LogP contribution in [-0.4, -0.2) is 28.0 Å². The molecule has 168 valence electrons. The number of hydrogen-bond donors (Lipinski definition) is 1. The zero-order chi connectivity index (χ0) is 23.3. The molecule has 0 aliphatic rings. The molecular weight excluding hydrogens is 424 g/mol. The summed E-state index contributed by atoms with van der Waals surface area (Å²) in [6, 6.07) is 20.5. The van der Waals surface area contributed by atoms with E-state index in [1.165, 1.54) is 7.05 Å². The third kappa shape index (κ3) is 5.11. The lowest BCUT2D eigenvalue weighted by Crippen LogP contribution is -2.31. The molecule has 1 atom stereocenters. The van der Waals surface area contributed by atoms with E-state index in [0.717, 1.165) is 21.2 Å². The van der Waals surface area contributed by atoms with Crippen molar-refractivity contribution < 1.29 is 17.9 Å². The minimum Gasteiger partial charge on any atom is -0.494 e. The molecule has 0 heterocycles. The van der Waals surface area contributed by atoms with Gasteiger partial charge in [-0.15, -0.1) is 0 Å². The monoisotopic (exact) mass is 452 g/mol. The van der Waals surface area contributed by atoms with Crippen LogP contribution in [0.3, 0.4) is 0 Å². The molecule has 0 saturated heterocycles. The van der Waals surface area contributed by atoms with Crippen LogP contribution < -0.4 is 14.4 Å². The first-order valence-electron chi connectivity index (χ1n) is 10.4. The topological polar surface area (TPSA) is 75.7 Å². The van der Waals surface area contributed by atoms with Gasteiger partial charge in [0.15, 0.2) is 0 Å². The number of ether oxygens (including phenoxy) is 1. The Bertz CT molecular complexity index is 1170. The summed E-state index contributed by atoms with van der Waals surface area (Å²) in [6.07, 6.45) is 0. The van der Waals surface area contributed by atoms with Gasteiger partial charge in [-0.05, 0) is 62.7 Å². The minimum atomic E-state index is -3.82. The maximum Gasteiger partial charge on any atom is 0.264 e. The van der Waals surface area contributed by atoms with Crippen LogP contribution in [0.5, 0.6) is 5.75 Å². The first-order chi connectivity index (χ1) is 15.2. The van der Waals surface area contributed by atoms with Gasteiger partial charge in [0.2, 0.25) is 0 Å². The van der Waals surface area contributed by atoms with E-state index in [2.05, 4.69) is 5.32 Å². The van der Waals surface area contributed by atoms with E-state index in [0.29, 0.717) is 12.3 Å². The number of carbonyl (C=O) groups excluding carboxylic acids is 1. The number of carbonyl (C=O) groups is 1. The standard InChI is InChI=1S/C25H28N2O4S/c1-5-31-21-14-12-20(13-15-21)19(3)26-25(28)23-8-6-7-9-24(23)27(4)32(29,30)22-16-10-18(2)11-17-22/h6-17,19H,5H2,1-4H3,(H,26,28)/t19-/m0/s1. The van der Waals surface area contributed by atoms with Gasteiger partial charge in [0.1, 0.15) is 5.75 Å². The minimum absolute atomic E-state index is 0.170. The lowest BCUT2D eigenvalue weighted by Gasteiger charge is -2.23. The molecule has 0 aromatic heterocycles. The van der Waals surface area contributed by atoms with E-state index in [1.807, 2.05) is 45.0 Å². The summed E-state index contributed by atoms with van der Waals surface area (Å²) >= 11 is 0. The number of amides is 1. The summed E-state index contributed by atoms with van der Waals surface area (Å²) < 4.78 is 32.9. The average Bonchev–Trinajstić information content (AvgIpc) is 2.79. The van der Waals surface area contributed by atoms with Gasteiger partial charge in [0.25, 0.3) is 15.9 Å². The van der Waals surface area contributed by atoms with Gasteiger partial charge in [0, 0.05) is 7.05 Å². The molecule has 3 aromatic carbocycles. The van der Waals surface area contributed by atoms with Gasteiger partial charge in [0.05, 0.1) is 28.8 Å². The van der Waals surface area contributed by atoms with E-state index in [4.69, 9.17) is 4.74 Å². The summed E-state index contributed by atoms with van der Waals surface area (Å²) in [4.78, 5) is 13.2. The second-order valence-electron chi connectivity index (χ2n) is 7.50. The molecule has 3 aromatic rings. The van der Waals surface area contributed by atoms with Crippen LogP contribution in [0.4, 0.5) is 5.69 Å². The molecule has 6 nitrogen and oxygen atoms in total.